The first-order valence-electron chi connectivity index (χ1n) is 9.98. The largest absolute Gasteiger partial charge is 0.383 e. The van der Waals surface area contributed by atoms with Gasteiger partial charge in [-0.1, -0.05) is 12.1 Å². The first kappa shape index (κ1) is 18.0. The Morgan fingerprint density at radius 3 is 2.52 bits per heavy atom. The topological polar surface area (TPSA) is 62.5 Å². The molecule has 0 spiro atoms. The van der Waals surface area contributed by atoms with E-state index in [9.17, 15) is 4.79 Å². The van der Waals surface area contributed by atoms with Gasteiger partial charge in [-0.05, 0) is 75.0 Å². The van der Waals surface area contributed by atoms with E-state index in [0.717, 1.165) is 48.2 Å². The molecule has 0 atom stereocenters. The number of nitrogens with two attached hydrogens (primary N) is 1. The van der Waals surface area contributed by atoms with E-state index in [1.165, 1.54) is 25.9 Å². The Labute approximate surface area is 161 Å². The number of hydrogen-bond acceptors (Lipinski definition) is 4. The van der Waals surface area contributed by atoms with Gasteiger partial charge >= 0.3 is 0 Å². The molecule has 1 aromatic carbocycles. The van der Waals surface area contributed by atoms with Crippen LogP contribution in [-0.4, -0.2) is 52.9 Å². The summed E-state index contributed by atoms with van der Waals surface area (Å²) in [6.07, 6.45) is 6.60. The molecule has 0 bridgehead atoms. The minimum atomic E-state index is 0.136. The van der Waals surface area contributed by atoms with Gasteiger partial charge < -0.3 is 15.5 Å². The average molecular weight is 364 g/mol. The second kappa shape index (κ2) is 7.69. The predicted molar refractivity (Wildman–Crippen MR) is 109 cm³/mol. The lowest BCUT2D eigenvalue weighted by molar-refractivity contribution is 0.0644. The van der Waals surface area contributed by atoms with Gasteiger partial charge in [-0.25, -0.2) is 4.98 Å². The van der Waals surface area contributed by atoms with E-state index in [0.29, 0.717) is 11.9 Å². The van der Waals surface area contributed by atoms with Gasteiger partial charge in [0.2, 0.25) is 0 Å². The zero-order valence-electron chi connectivity index (χ0n) is 16.0. The van der Waals surface area contributed by atoms with Crippen molar-refractivity contribution in [2.75, 3.05) is 31.9 Å². The second-order valence-corrected chi connectivity index (χ2v) is 7.77. The smallest absolute Gasteiger partial charge is 0.253 e. The highest BCUT2D eigenvalue weighted by Crippen LogP contribution is 2.25. The minimum Gasteiger partial charge on any atom is -0.383 e. The molecular formula is C22H28N4O. The molecule has 2 aromatic rings. The number of aryl methyl sites for hydroxylation is 1. The van der Waals surface area contributed by atoms with Crippen molar-refractivity contribution in [2.45, 2.75) is 38.6 Å². The third kappa shape index (κ3) is 3.83. The lowest BCUT2D eigenvalue weighted by atomic mass is 10.0. The highest BCUT2D eigenvalue weighted by molar-refractivity contribution is 5.95. The summed E-state index contributed by atoms with van der Waals surface area (Å²) >= 11 is 0. The zero-order chi connectivity index (χ0) is 18.8. The van der Waals surface area contributed by atoms with Crippen LogP contribution in [0.2, 0.25) is 0 Å². The van der Waals surface area contributed by atoms with E-state index in [1.54, 1.807) is 6.20 Å². The van der Waals surface area contributed by atoms with E-state index >= 15 is 0 Å². The van der Waals surface area contributed by atoms with Crippen molar-refractivity contribution in [3.05, 3.63) is 47.7 Å². The van der Waals surface area contributed by atoms with Crippen LogP contribution in [0.4, 0.5) is 5.82 Å². The highest BCUT2D eigenvalue weighted by Gasteiger charge is 2.28. The molecule has 142 valence electrons. The number of nitrogens with zero attached hydrogens (tertiary/aromatic N) is 3. The molecule has 2 aliphatic heterocycles. The fraction of sp³-hybridized carbons (Fsp3) is 0.455. The summed E-state index contributed by atoms with van der Waals surface area (Å²) in [5.74, 6) is 0.684. The van der Waals surface area contributed by atoms with Crippen molar-refractivity contribution in [1.82, 2.24) is 14.8 Å². The molecule has 5 nitrogen and oxygen atoms in total. The summed E-state index contributed by atoms with van der Waals surface area (Å²) in [6, 6.07) is 10.5. The summed E-state index contributed by atoms with van der Waals surface area (Å²) in [7, 11) is 0. The predicted octanol–water partition coefficient (Wildman–Crippen LogP) is 3.34. The SMILES string of the molecule is Cc1cc(-c2cccc(C(=O)N3CCC(N4CCCC4)CC3)c2)cnc1N. The molecule has 0 saturated carbocycles. The first-order valence-corrected chi connectivity index (χ1v) is 9.98. The summed E-state index contributed by atoms with van der Waals surface area (Å²) in [6.45, 7) is 6.12. The maximum Gasteiger partial charge on any atom is 0.253 e. The third-order valence-electron chi connectivity index (χ3n) is 5.97. The molecule has 0 unspecified atom stereocenters. The van der Waals surface area contributed by atoms with E-state index in [-0.39, 0.29) is 5.91 Å². The van der Waals surface area contributed by atoms with Crippen LogP contribution in [0.1, 0.15) is 41.6 Å². The number of aromatic nitrogens is 1. The Morgan fingerprint density at radius 1 is 1.07 bits per heavy atom. The summed E-state index contributed by atoms with van der Waals surface area (Å²) in [5, 5.41) is 0. The lowest BCUT2D eigenvalue weighted by Crippen LogP contribution is -2.45. The number of piperidine rings is 1. The van der Waals surface area contributed by atoms with Crippen molar-refractivity contribution in [3.8, 4) is 11.1 Å². The molecule has 3 heterocycles. The Morgan fingerprint density at radius 2 is 1.81 bits per heavy atom. The van der Waals surface area contributed by atoms with Crippen LogP contribution in [0.15, 0.2) is 36.5 Å². The lowest BCUT2D eigenvalue weighted by Gasteiger charge is -2.36. The van der Waals surface area contributed by atoms with Crippen molar-refractivity contribution in [2.24, 2.45) is 0 Å². The Balaban J connectivity index is 1.45. The van der Waals surface area contributed by atoms with Gasteiger partial charge in [0.05, 0.1) is 0 Å². The van der Waals surface area contributed by atoms with Crippen LogP contribution in [0.25, 0.3) is 11.1 Å². The molecular weight excluding hydrogens is 336 g/mol. The number of pyridine rings is 1. The second-order valence-electron chi connectivity index (χ2n) is 7.77. The fourth-order valence-corrected chi connectivity index (χ4v) is 4.30. The summed E-state index contributed by atoms with van der Waals surface area (Å²) in [5.41, 5.74) is 9.52. The number of anilines is 1. The van der Waals surface area contributed by atoms with Gasteiger partial charge in [0.15, 0.2) is 0 Å². The van der Waals surface area contributed by atoms with Crippen LogP contribution in [0.5, 0.6) is 0 Å². The van der Waals surface area contributed by atoms with E-state index in [1.807, 2.05) is 42.2 Å². The van der Waals surface area contributed by atoms with Gasteiger partial charge in [0, 0.05) is 36.5 Å². The van der Waals surface area contributed by atoms with E-state index in [2.05, 4.69) is 9.88 Å². The Kier molecular flexibility index (Phi) is 5.12. The van der Waals surface area contributed by atoms with Crippen molar-refractivity contribution >= 4 is 11.7 Å². The average Bonchev–Trinajstić information content (AvgIpc) is 3.25. The van der Waals surface area contributed by atoms with Crippen LogP contribution in [0, 0.1) is 6.92 Å². The molecule has 2 N–H and O–H groups in total. The fourth-order valence-electron chi connectivity index (χ4n) is 4.30. The number of benzene rings is 1. The quantitative estimate of drug-likeness (QED) is 0.907. The van der Waals surface area contributed by atoms with Gasteiger partial charge in [-0.2, -0.15) is 0 Å². The maximum absolute atomic E-state index is 13.0. The first-order chi connectivity index (χ1) is 13.1. The van der Waals surface area contributed by atoms with Crippen LogP contribution < -0.4 is 5.73 Å². The highest BCUT2D eigenvalue weighted by atomic mass is 16.2. The van der Waals surface area contributed by atoms with Crippen LogP contribution in [0.3, 0.4) is 0 Å². The number of amides is 1. The molecule has 2 fully saturated rings. The van der Waals surface area contributed by atoms with Gasteiger partial charge in [-0.15, -0.1) is 0 Å². The van der Waals surface area contributed by atoms with Crippen LogP contribution >= 0.6 is 0 Å². The molecule has 1 amide bonds. The normalized spacial score (nSPS) is 18.8. The number of carbonyl (C=O) groups excluding carboxylic acids is 1. The van der Waals surface area contributed by atoms with Crippen molar-refractivity contribution < 1.29 is 4.79 Å². The minimum absolute atomic E-state index is 0.136. The molecule has 0 radical (unpaired) electrons. The Hall–Kier alpha value is -2.40. The van der Waals surface area contributed by atoms with Gasteiger partial charge in [-0.3, -0.25) is 4.79 Å². The number of rotatable bonds is 3. The van der Waals surface area contributed by atoms with Crippen molar-refractivity contribution in [1.29, 1.82) is 0 Å². The monoisotopic (exact) mass is 364 g/mol. The number of hydrogen-bond donors (Lipinski definition) is 1. The molecule has 27 heavy (non-hydrogen) atoms. The van der Waals surface area contributed by atoms with Crippen molar-refractivity contribution in [3.63, 3.8) is 0 Å². The van der Waals surface area contributed by atoms with E-state index in [4.69, 9.17) is 5.73 Å². The third-order valence-corrected chi connectivity index (χ3v) is 5.97. The molecule has 1 aromatic heterocycles. The van der Waals surface area contributed by atoms with Gasteiger partial charge in [0.25, 0.3) is 5.91 Å². The standard InChI is InChI=1S/C22H28N4O/c1-16-13-19(15-24-21(16)23)17-5-4-6-18(14-17)22(27)26-11-7-20(8-12-26)25-9-2-3-10-25/h4-6,13-15,20H,2-3,7-12H2,1H3,(H2,23,24). The molecule has 2 saturated heterocycles. The number of nitrogen functional groups attached to an aromatic ring is 1. The summed E-state index contributed by atoms with van der Waals surface area (Å²) in [4.78, 5) is 21.9. The van der Waals surface area contributed by atoms with Crippen LogP contribution in [-0.2, 0) is 0 Å². The molecule has 4 rings (SSSR count). The Bertz CT molecular complexity index is 821. The maximum atomic E-state index is 13.0. The van der Waals surface area contributed by atoms with E-state index < -0.39 is 0 Å². The zero-order valence-corrected chi connectivity index (χ0v) is 16.0. The van der Waals surface area contributed by atoms with Gasteiger partial charge in [0.1, 0.15) is 5.82 Å². The molecule has 5 heteroatoms. The number of carbonyl (C=O) groups is 1. The molecule has 2 aliphatic rings. The summed E-state index contributed by atoms with van der Waals surface area (Å²) < 4.78 is 0. The molecule has 0 aliphatic carbocycles. The number of likely N-dealkylation sites (tertiary alicyclic amines) is 2.